The molecule has 2 N–H and O–H groups in total. The van der Waals surface area contributed by atoms with Crippen LogP contribution in [0.2, 0.25) is 0 Å². The summed E-state index contributed by atoms with van der Waals surface area (Å²) in [6, 6.07) is 4.11. The van der Waals surface area contributed by atoms with Crippen LogP contribution in [0.4, 0.5) is 0 Å². The highest BCUT2D eigenvalue weighted by molar-refractivity contribution is 5.71. The fourth-order valence-corrected chi connectivity index (χ4v) is 1.99. The van der Waals surface area contributed by atoms with Crippen molar-refractivity contribution in [3.63, 3.8) is 0 Å². The molecule has 2 heterocycles. The molecule has 0 aliphatic rings. The second kappa shape index (κ2) is 4.81. The summed E-state index contributed by atoms with van der Waals surface area (Å²) in [6.07, 6.45) is 1.59. The number of nitrogens with zero attached hydrogens (tertiary/aromatic N) is 3. The third kappa shape index (κ3) is 2.03. The molecule has 0 aliphatic carbocycles. The monoisotopic (exact) mass is 234 g/mol. The summed E-state index contributed by atoms with van der Waals surface area (Å²) < 4.78 is 7.45. The van der Waals surface area contributed by atoms with Crippen LogP contribution in [0.1, 0.15) is 31.8 Å². The first-order valence-corrected chi connectivity index (χ1v) is 5.74. The molecule has 1 unspecified atom stereocenters. The molecular formula is C12H18N4O. The van der Waals surface area contributed by atoms with Crippen LogP contribution in [0.5, 0.6) is 0 Å². The standard InChI is InChI=1S/C12H18N4O/c1-8(2)16-11-9(5-4-6-14-11)15-12(16)10(7-13)17-3/h4-6,8,10H,7,13H2,1-3H3. The van der Waals surface area contributed by atoms with Gasteiger partial charge in [0, 0.05) is 25.9 Å². The number of imidazole rings is 1. The van der Waals surface area contributed by atoms with E-state index in [1.54, 1.807) is 13.3 Å². The number of methoxy groups -OCH3 is 1. The van der Waals surface area contributed by atoms with E-state index < -0.39 is 0 Å². The summed E-state index contributed by atoms with van der Waals surface area (Å²) in [5, 5.41) is 0. The maximum Gasteiger partial charge on any atom is 0.160 e. The third-order valence-corrected chi connectivity index (χ3v) is 2.78. The molecule has 0 aliphatic heterocycles. The molecule has 2 aromatic rings. The van der Waals surface area contributed by atoms with Crippen molar-refractivity contribution in [1.29, 1.82) is 0 Å². The fraction of sp³-hybridized carbons (Fsp3) is 0.500. The Morgan fingerprint density at radius 1 is 1.47 bits per heavy atom. The maximum atomic E-state index is 5.71. The van der Waals surface area contributed by atoms with Gasteiger partial charge in [0.2, 0.25) is 0 Å². The van der Waals surface area contributed by atoms with Crippen LogP contribution in [0.3, 0.4) is 0 Å². The first kappa shape index (κ1) is 12.0. The molecule has 0 saturated heterocycles. The molecule has 0 fully saturated rings. The highest BCUT2D eigenvalue weighted by Gasteiger charge is 2.20. The van der Waals surface area contributed by atoms with Crippen molar-refractivity contribution in [3.05, 3.63) is 24.2 Å². The molecule has 5 heteroatoms. The second-order valence-corrected chi connectivity index (χ2v) is 4.24. The molecule has 2 aromatic heterocycles. The molecule has 0 saturated carbocycles. The van der Waals surface area contributed by atoms with Crippen molar-refractivity contribution in [2.75, 3.05) is 13.7 Å². The summed E-state index contributed by atoms with van der Waals surface area (Å²) in [5.74, 6) is 0.846. The highest BCUT2D eigenvalue weighted by Crippen LogP contribution is 2.24. The number of fused-ring (bicyclic) bond motifs is 1. The van der Waals surface area contributed by atoms with E-state index in [0.717, 1.165) is 17.0 Å². The molecule has 0 radical (unpaired) electrons. The first-order chi connectivity index (χ1) is 8.19. The number of nitrogens with two attached hydrogens (primary N) is 1. The third-order valence-electron chi connectivity index (χ3n) is 2.78. The molecule has 0 aromatic carbocycles. The Bertz CT molecular complexity index is 502. The summed E-state index contributed by atoms with van der Waals surface area (Å²) in [6.45, 7) is 4.61. The van der Waals surface area contributed by atoms with Gasteiger partial charge in [-0.15, -0.1) is 0 Å². The highest BCUT2D eigenvalue weighted by atomic mass is 16.5. The van der Waals surface area contributed by atoms with Gasteiger partial charge in [0.05, 0.1) is 0 Å². The number of pyridine rings is 1. The average molecular weight is 234 g/mol. The van der Waals surface area contributed by atoms with Crippen molar-refractivity contribution in [3.8, 4) is 0 Å². The minimum absolute atomic E-state index is 0.188. The number of hydrogen-bond acceptors (Lipinski definition) is 4. The van der Waals surface area contributed by atoms with Crippen LogP contribution in [0.15, 0.2) is 18.3 Å². The lowest BCUT2D eigenvalue weighted by atomic mass is 10.3. The Balaban J connectivity index is 2.65. The van der Waals surface area contributed by atoms with E-state index in [9.17, 15) is 0 Å². The summed E-state index contributed by atoms with van der Waals surface area (Å²) in [4.78, 5) is 8.95. The molecule has 1 atom stereocenters. The Morgan fingerprint density at radius 3 is 2.82 bits per heavy atom. The molecule has 0 spiro atoms. The lowest BCUT2D eigenvalue weighted by Gasteiger charge is -2.17. The lowest BCUT2D eigenvalue weighted by Crippen LogP contribution is -2.20. The van der Waals surface area contributed by atoms with Gasteiger partial charge < -0.3 is 15.0 Å². The molecule has 17 heavy (non-hydrogen) atoms. The van der Waals surface area contributed by atoms with Crippen molar-refractivity contribution < 1.29 is 4.74 Å². The van der Waals surface area contributed by atoms with Crippen molar-refractivity contribution in [1.82, 2.24) is 14.5 Å². The molecule has 0 amide bonds. The Kier molecular flexibility index (Phi) is 3.40. The lowest BCUT2D eigenvalue weighted by molar-refractivity contribution is 0.0991. The Hall–Kier alpha value is -1.46. The zero-order valence-corrected chi connectivity index (χ0v) is 10.4. The van der Waals surface area contributed by atoms with E-state index in [1.807, 2.05) is 12.1 Å². The minimum atomic E-state index is -0.188. The van der Waals surface area contributed by atoms with Gasteiger partial charge >= 0.3 is 0 Å². The van der Waals surface area contributed by atoms with E-state index in [2.05, 4.69) is 28.4 Å². The van der Waals surface area contributed by atoms with Gasteiger partial charge in [-0.2, -0.15) is 0 Å². The molecule has 5 nitrogen and oxygen atoms in total. The van der Waals surface area contributed by atoms with E-state index >= 15 is 0 Å². The summed E-state index contributed by atoms with van der Waals surface area (Å²) in [7, 11) is 1.65. The molecular weight excluding hydrogens is 216 g/mol. The second-order valence-electron chi connectivity index (χ2n) is 4.24. The van der Waals surface area contributed by atoms with Crippen LogP contribution in [0, 0.1) is 0 Å². The van der Waals surface area contributed by atoms with Crippen LogP contribution in [0.25, 0.3) is 11.2 Å². The van der Waals surface area contributed by atoms with Gasteiger partial charge in [-0.25, -0.2) is 9.97 Å². The topological polar surface area (TPSA) is 66.0 Å². The van der Waals surface area contributed by atoms with Crippen LogP contribution in [-0.2, 0) is 4.74 Å². The van der Waals surface area contributed by atoms with Gasteiger partial charge in [-0.3, -0.25) is 0 Å². The smallest absolute Gasteiger partial charge is 0.160 e. The Labute approximate surface area is 101 Å². The SMILES string of the molecule is COC(CN)c1nc2cccnc2n1C(C)C. The maximum absolute atomic E-state index is 5.71. The molecule has 92 valence electrons. The van der Waals surface area contributed by atoms with Gasteiger partial charge in [0.25, 0.3) is 0 Å². The zero-order chi connectivity index (χ0) is 12.4. The van der Waals surface area contributed by atoms with Gasteiger partial charge in [-0.05, 0) is 26.0 Å². The van der Waals surface area contributed by atoms with Gasteiger partial charge in [0.1, 0.15) is 17.4 Å². The van der Waals surface area contributed by atoms with Crippen molar-refractivity contribution >= 4 is 11.2 Å². The minimum Gasteiger partial charge on any atom is -0.372 e. The first-order valence-electron chi connectivity index (χ1n) is 5.74. The largest absolute Gasteiger partial charge is 0.372 e. The van der Waals surface area contributed by atoms with Crippen LogP contribution >= 0.6 is 0 Å². The summed E-state index contributed by atoms with van der Waals surface area (Å²) >= 11 is 0. The quantitative estimate of drug-likeness (QED) is 0.873. The zero-order valence-electron chi connectivity index (χ0n) is 10.4. The van der Waals surface area contributed by atoms with Gasteiger partial charge in [0.15, 0.2) is 5.65 Å². The van der Waals surface area contributed by atoms with E-state index in [4.69, 9.17) is 10.5 Å². The van der Waals surface area contributed by atoms with Gasteiger partial charge in [-0.1, -0.05) is 0 Å². The number of hydrogen-bond donors (Lipinski definition) is 1. The van der Waals surface area contributed by atoms with E-state index in [0.29, 0.717) is 6.54 Å². The normalized spacial score (nSPS) is 13.5. The predicted molar refractivity (Wildman–Crippen MR) is 66.7 cm³/mol. The predicted octanol–water partition coefficient (Wildman–Crippen LogP) is 1.66. The fourth-order valence-electron chi connectivity index (χ4n) is 1.99. The van der Waals surface area contributed by atoms with Crippen molar-refractivity contribution in [2.24, 2.45) is 5.73 Å². The Morgan fingerprint density at radius 2 is 2.24 bits per heavy atom. The number of aromatic nitrogens is 3. The molecule has 2 rings (SSSR count). The number of ether oxygens (including phenoxy) is 1. The van der Waals surface area contributed by atoms with E-state index in [-0.39, 0.29) is 12.1 Å². The van der Waals surface area contributed by atoms with E-state index in [1.165, 1.54) is 0 Å². The molecule has 0 bridgehead atoms. The number of rotatable bonds is 4. The van der Waals surface area contributed by atoms with Crippen LogP contribution < -0.4 is 5.73 Å². The average Bonchev–Trinajstić information content (AvgIpc) is 2.69. The van der Waals surface area contributed by atoms with Crippen LogP contribution in [-0.4, -0.2) is 28.2 Å². The van der Waals surface area contributed by atoms with Crippen molar-refractivity contribution in [2.45, 2.75) is 26.0 Å². The summed E-state index contributed by atoms with van der Waals surface area (Å²) in [5.41, 5.74) is 7.47.